The minimum Gasteiger partial charge on any atom is -0.366 e. The smallest absolute Gasteiger partial charge is 0.287 e. The Morgan fingerprint density at radius 1 is 1.54 bits per heavy atom. The van der Waals surface area contributed by atoms with Crippen molar-refractivity contribution < 1.29 is 9.18 Å². The SMILES string of the molecule is NC(=O)c1ccc2nc(F)[nH]c2c1. The summed E-state index contributed by atoms with van der Waals surface area (Å²) < 4.78 is 12.6. The zero-order chi connectivity index (χ0) is 9.42. The van der Waals surface area contributed by atoms with Crippen molar-refractivity contribution in [1.82, 2.24) is 9.97 Å². The Morgan fingerprint density at radius 2 is 2.31 bits per heavy atom. The van der Waals surface area contributed by atoms with Crippen molar-refractivity contribution in [2.24, 2.45) is 5.73 Å². The molecule has 0 spiro atoms. The molecule has 13 heavy (non-hydrogen) atoms. The second-order valence-corrected chi connectivity index (χ2v) is 2.62. The number of rotatable bonds is 1. The number of halogens is 1. The van der Waals surface area contributed by atoms with Gasteiger partial charge < -0.3 is 10.7 Å². The van der Waals surface area contributed by atoms with Crippen molar-refractivity contribution in [2.45, 2.75) is 0 Å². The molecule has 0 unspecified atom stereocenters. The van der Waals surface area contributed by atoms with Crippen molar-refractivity contribution in [3.8, 4) is 0 Å². The zero-order valence-electron chi connectivity index (χ0n) is 6.54. The lowest BCUT2D eigenvalue weighted by Crippen LogP contribution is -2.10. The molecule has 0 bridgehead atoms. The highest BCUT2D eigenvalue weighted by Gasteiger charge is 2.05. The predicted molar refractivity (Wildman–Crippen MR) is 44.6 cm³/mol. The van der Waals surface area contributed by atoms with Gasteiger partial charge in [0, 0.05) is 5.56 Å². The average Bonchev–Trinajstić information content (AvgIpc) is 2.42. The van der Waals surface area contributed by atoms with Crippen LogP contribution in [-0.2, 0) is 0 Å². The quantitative estimate of drug-likeness (QED) is 0.679. The number of fused-ring (bicyclic) bond motifs is 1. The Labute approximate surface area is 72.6 Å². The minimum absolute atomic E-state index is 0.330. The number of hydrogen-bond acceptors (Lipinski definition) is 2. The molecule has 0 atom stereocenters. The topological polar surface area (TPSA) is 71.8 Å². The summed E-state index contributed by atoms with van der Waals surface area (Å²) in [5.74, 6) is -0.545. The van der Waals surface area contributed by atoms with Crippen molar-refractivity contribution >= 4 is 16.9 Å². The Kier molecular flexibility index (Phi) is 1.51. The molecule has 2 rings (SSSR count). The second-order valence-electron chi connectivity index (χ2n) is 2.62. The maximum Gasteiger partial charge on any atom is 0.287 e. The molecule has 1 aromatic heterocycles. The van der Waals surface area contributed by atoms with E-state index in [-0.39, 0.29) is 0 Å². The molecule has 0 saturated heterocycles. The number of amides is 1. The molecule has 1 heterocycles. The largest absolute Gasteiger partial charge is 0.366 e. The molecule has 0 fully saturated rings. The Morgan fingerprint density at radius 3 is 3.00 bits per heavy atom. The number of benzene rings is 1. The van der Waals surface area contributed by atoms with E-state index < -0.39 is 12.0 Å². The van der Waals surface area contributed by atoms with Gasteiger partial charge in [-0.15, -0.1) is 0 Å². The number of aromatic nitrogens is 2. The van der Waals surface area contributed by atoms with E-state index in [1.54, 1.807) is 0 Å². The second kappa shape index (κ2) is 2.55. The highest BCUT2D eigenvalue weighted by Crippen LogP contribution is 2.12. The number of nitrogens with two attached hydrogens (primary N) is 1. The van der Waals surface area contributed by atoms with Crippen molar-refractivity contribution in [3.05, 3.63) is 29.8 Å². The molecule has 0 aliphatic carbocycles. The molecule has 66 valence electrons. The van der Waals surface area contributed by atoms with Gasteiger partial charge in [0.1, 0.15) is 0 Å². The first-order valence-corrected chi connectivity index (χ1v) is 3.62. The summed E-state index contributed by atoms with van der Waals surface area (Å²) in [7, 11) is 0. The Hall–Kier alpha value is -1.91. The summed E-state index contributed by atoms with van der Waals surface area (Å²) in [6, 6.07) is 4.51. The van der Waals surface area contributed by atoms with Crippen LogP contribution in [0.4, 0.5) is 4.39 Å². The van der Waals surface area contributed by atoms with Crippen molar-refractivity contribution in [3.63, 3.8) is 0 Å². The molecule has 3 N–H and O–H groups in total. The lowest BCUT2D eigenvalue weighted by atomic mass is 10.2. The van der Waals surface area contributed by atoms with Crippen LogP contribution >= 0.6 is 0 Å². The number of carbonyl (C=O) groups excluding carboxylic acids is 1. The molecule has 0 saturated carbocycles. The molecule has 2 aromatic rings. The van der Waals surface area contributed by atoms with Gasteiger partial charge in [0.2, 0.25) is 5.91 Å². The highest BCUT2D eigenvalue weighted by molar-refractivity contribution is 5.96. The maximum atomic E-state index is 12.6. The number of primary amides is 1. The van der Waals surface area contributed by atoms with E-state index in [1.807, 2.05) is 0 Å². The molecule has 4 nitrogen and oxygen atoms in total. The Bertz CT molecular complexity index is 477. The lowest BCUT2D eigenvalue weighted by Gasteiger charge is -1.93. The van der Waals surface area contributed by atoms with Gasteiger partial charge in [-0.2, -0.15) is 4.39 Å². The molecule has 1 amide bonds. The van der Waals surface area contributed by atoms with Crippen LogP contribution < -0.4 is 5.73 Å². The van der Waals surface area contributed by atoms with Crippen molar-refractivity contribution in [2.75, 3.05) is 0 Å². The number of carbonyl (C=O) groups is 1. The zero-order valence-corrected chi connectivity index (χ0v) is 6.54. The number of nitrogens with one attached hydrogen (secondary N) is 1. The van der Waals surface area contributed by atoms with Gasteiger partial charge in [0.15, 0.2) is 0 Å². The summed E-state index contributed by atoms with van der Waals surface area (Å²) >= 11 is 0. The minimum atomic E-state index is -0.670. The van der Waals surface area contributed by atoms with Crippen LogP contribution in [0.5, 0.6) is 0 Å². The number of H-pyrrole nitrogens is 1. The molecule has 0 aliphatic heterocycles. The third kappa shape index (κ3) is 1.24. The molecule has 0 radical (unpaired) electrons. The highest BCUT2D eigenvalue weighted by atomic mass is 19.1. The first-order valence-electron chi connectivity index (χ1n) is 3.62. The lowest BCUT2D eigenvalue weighted by molar-refractivity contribution is 0.100. The Balaban J connectivity index is 2.67. The molecular weight excluding hydrogens is 173 g/mol. The van der Waals surface area contributed by atoms with E-state index in [9.17, 15) is 9.18 Å². The van der Waals surface area contributed by atoms with E-state index in [0.717, 1.165) is 0 Å². The van der Waals surface area contributed by atoms with Crippen LogP contribution in [0, 0.1) is 6.08 Å². The molecule has 5 heteroatoms. The third-order valence-corrected chi connectivity index (χ3v) is 1.74. The number of aromatic amines is 1. The first kappa shape index (κ1) is 7.72. The van der Waals surface area contributed by atoms with Crippen LogP contribution in [0.2, 0.25) is 0 Å². The summed E-state index contributed by atoms with van der Waals surface area (Å²) in [5, 5.41) is 0. The van der Waals surface area contributed by atoms with Gasteiger partial charge in [0.05, 0.1) is 11.0 Å². The third-order valence-electron chi connectivity index (χ3n) is 1.74. The van der Waals surface area contributed by atoms with Gasteiger partial charge in [-0.1, -0.05) is 0 Å². The van der Waals surface area contributed by atoms with Crippen LogP contribution in [0.15, 0.2) is 18.2 Å². The summed E-state index contributed by atoms with van der Waals surface area (Å²) in [6.45, 7) is 0. The van der Waals surface area contributed by atoms with E-state index in [4.69, 9.17) is 5.73 Å². The number of nitrogens with zero attached hydrogens (tertiary/aromatic N) is 1. The molecular formula is C8H6FN3O. The van der Waals surface area contributed by atoms with E-state index >= 15 is 0 Å². The normalized spacial score (nSPS) is 10.5. The van der Waals surface area contributed by atoms with E-state index in [2.05, 4.69) is 9.97 Å². The first-order chi connectivity index (χ1) is 6.16. The van der Waals surface area contributed by atoms with Crippen LogP contribution in [0.25, 0.3) is 11.0 Å². The molecule has 0 aliphatic rings. The number of hydrogen-bond donors (Lipinski definition) is 2. The van der Waals surface area contributed by atoms with Gasteiger partial charge in [-0.3, -0.25) is 4.79 Å². The maximum absolute atomic E-state index is 12.6. The van der Waals surface area contributed by atoms with Crippen LogP contribution in [0.1, 0.15) is 10.4 Å². The molecule has 1 aromatic carbocycles. The number of imidazole rings is 1. The fourth-order valence-corrected chi connectivity index (χ4v) is 1.13. The van der Waals surface area contributed by atoms with Gasteiger partial charge in [-0.25, -0.2) is 4.98 Å². The summed E-state index contributed by atoms with van der Waals surface area (Å²) in [4.78, 5) is 16.7. The van der Waals surface area contributed by atoms with Crippen LogP contribution in [0.3, 0.4) is 0 Å². The van der Waals surface area contributed by atoms with Gasteiger partial charge in [-0.05, 0) is 18.2 Å². The van der Waals surface area contributed by atoms with Gasteiger partial charge >= 0.3 is 0 Å². The fraction of sp³-hybridized carbons (Fsp3) is 0. The summed E-state index contributed by atoms with van der Waals surface area (Å²) in [6.07, 6.45) is -0.670. The van der Waals surface area contributed by atoms with Crippen molar-refractivity contribution in [1.29, 1.82) is 0 Å². The fourth-order valence-electron chi connectivity index (χ4n) is 1.13. The monoisotopic (exact) mass is 179 g/mol. The summed E-state index contributed by atoms with van der Waals surface area (Å²) in [5.41, 5.74) is 6.32. The van der Waals surface area contributed by atoms with Crippen LogP contribution in [-0.4, -0.2) is 15.9 Å². The predicted octanol–water partition coefficient (Wildman–Crippen LogP) is 0.801. The average molecular weight is 179 g/mol. The standard InChI is InChI=1S/C8H6FN3O/c9-8-11-5-2-1-4(7(10)13)3-6(5)12-8/h1-3H,(H2,10,13)(H,11,12). The van der Waals surface area contributed by atoms with E-state index in [0.29, 0.717) is 16.6 Å². The van der Waals surface area contributed by atoms with Gasteiger partial charge in [0.25, 0.3) is 6.08 Å². The van der Waals surface area contributed by atoms with E-state index in [1.165, 1.54) is 18.2 Å².